The summed E-state index contributed by atoms with van der Waals surface area (Å²) < 4.78 is 0. The van der Waals surface area contributed by atoms with Crippen LogP contribution in [0.3, 0.4) is 0 Å². The van der Waals surface area contributed by atoms with E-state index in [0.717, 1.165) is 45.3 Å². The molecule has 0 spiro atoms. The number of carboxylic acids is 1. The highest BCUT2D eigenvalue weighted by Crippen LogP contribution is 2.27. The number of likely N-dealkylation sites (tertiary alicyclic amines) is 1. The fourth-order valence-corrected chi connectivity index (χ4v) is 3.16. The number of unbranched alkanes of at least 4 members (excludes halogenated alkanes) is 1. The van der Waals surface area contributed by atoms with Gasteiger partial charge in [0.25, 0.3) is 0 Å². The van der Waals surface area contributed by atoms with Crippen LogP contribution in [0.15, 0.2) is 0 Å². The lowest BCUT2D eigenvalue weighted by Gasteiger charge is -2.35. The quantitative estimate of drug-likeness (QED) is 0.696. The fraction of sp³-hybridized carbons (Fsp3) is 0.882. The van der Waals surface area contributed by atoms with Crippen LogP contribution in [0.4, 0.5) is 0 Å². The van der Waals surface area contributed by atoms with Crippen LogP contribution < -0.4 is 0 Å². The zero-order valence-corrected chi connectivity index (χ0v) is 13.8. The van der Waals surface area contributed by atoms with E-state index in [1.165, 1.54) is 6.42 Å². The van der Waals surface area contributed by atoms with E-state index in [4.69, 9.17) is 10.4 Å². The van der Waals surface area contributed by atoms with Crippen molar-refractivity contribution in [2.24, 2.45) is 17.3 Å². The lowest BCUT2D eigenvalue weighted by molar-refractivity contribution is -0.138. The molecule has 0 aromatic rings. The number of hydrogen-bond donors (Lipinski definition) is 1. The van der Waals surface area contributed by atoms with Gasteiger partial charge in [0.2, 0.25) is 0 Å². The van der Waals surface area contributed by atoms with Gasteiger partial charge < -0.3 is 10.0 Å². The highest BCUT2D eigenvalue weighted by Gasteiger charge is 2.25. The smallest absolute Gasteiger partial charge is 0.303 e. The van der Waals surface area contributed by atoms with Gasteiger partial charge in [-0.05, 0) is 64.5 Å². The van der Waals surface area contributed by atoms with Gasteiger partial charge in [-0.3, -0.25) is 4.79 Å². The molecule has 4 nitrogen and oxygen atoms in total. The number of carboxylic acid groups (broad SMARTS) is 1. The van der Waals surface area contributed by atoms with Crippen molar-refractivity contribution < 1.29 is 9.90 Å². The summed E-state index contributed by atoms with van der Waals surface area (Å²) in [6.07, 6.45) is 5.80. The maximum Gasteiger partial charge on any atom is 0.303 e. The van der Waals surface area contributed by atoms with Gasteiger partial charge in [0.05, 0.1) is 11.5 Å². The first-order valence-electron chi connectivity index (χ1n) is 8.19. The highest BCUT2D eigenvalue weighted by molar-refractivity contribution is 5.67. The number of carbonyl (C=O) groups is 1. The Kier molecular flexibility index (Phi) is 7.17. The van der Waals surface area contributed by atoms with E-state index in [-0.39, 0.29) is 17.8 Å². The van der Waals surface area contributed by atoms with Crippen molar-refractivity contribution in [1.82, 2.24) is 4.90 Å². The zero-order chi connectivity index (χ0) is 15.9. The van der Waals surface area contributed by atoms with Gasteiger partial charge in [0.15, 0.2) is 0 Å². The van der Waals surface area contributed by atoms with Crippen molar-refractivity contribution >= 4 is 5.97 Å². The Morgan fingerprint density at radius 2 is 2.19 bits per heavy atom. The molecular formula is C17H30N2O2. The summed E-state index contributed by atoms with van der Waals surface area (Å²) in [6.45, 7) is 9.32. The monoisotopic (exact) mass is 294 g/mol. The molecule has 0 radical (unpaired) electrons. The molecule has 21 heavy (non-hydrogen) atoms. The molecule has 0 bridgehead atoms. The molecule has 0 aromatic heterocycles. The van der Waals surface area contributed by atoms with Crippen LogP contribution in [0.1, 0.15) is 59.3 Å². The van der Waals surface area contributed by atoms with Crippen LogP contribution in [0, 0.1) is 28.6 Å². The Hall–Kier alpha value is -1.08. The normalized spacial score (nSPS) is 21.7. The Morgan fingerprint density at radius 1 is 1.48 bits per heavy atom. The maximum atomic E-state index is 10.8. The number of aliphatic carboxylic acids is 1. The minimum absolute atomic E-state index is 0.208. The Balaban J connectivity index is 2.27. The van der Waals surface area contributed by atoms with E-state index in [0.29, 0.717) is 5.92 Å². The van der Waals surface area contributed by atoms with Crippen molar-refractivity contribution in [3.8, 4) is 6.07 Å². The molecule has 120 valence electrons. The highest BCUT2D eigenvalue weighted by atomic mass is 16.4. The summed E-state index contributed by atoms with van der Waals surface area (Å²) in [5.41, 5.74) is -0.208. The molecule has 1 heterocycles. The van der Waals surface area contributed by atoms with Gasteiger partial charge in [-0.25, -0.2) is 0 Å². The summed E-state index contributed by atoms with van der Waals surface area (Å²) in [6, 6.07) is 2.35. The number of nitriles is 1. The van der Waals surface area contributed by atoms with Gasteiger partial charge in [-0.2, -0.15) is 5.26 Å². The second-order valence-electron chi connectivity index (χ2n) is 7.23. The van der Waals surface area contributed by atoms with Crippen LogP contribution in [0.5, 0.6) is 0 Å². The summed E-state index contributed by atoms with van der Waals surface area (Å²) in [5.74, 6) is 0.103. The van der Waals surface area contributed by atoms with Gasteiger partial charge >= 0.3 is 5.97 Å². The standard InChI is InChI=1S/C17H30N2O2/c1-14(11-16(20)21)15-7-6-10-19(12-15)9-5-4-8-17(2,3)13-18/h14-15H,4-12H2,1-3H3,(H,20,21). The first-order chi connectivity index (χ1) is 9.84. The summed E-state index contributed by atoms with van der Waals surface area (Å²) >= 11 is 0. The lowest BCUT2D eigenvalue weighted by atomic mass is 9.84. The molecule has 1 saturated heterocycles. The van der Waals surface area contributed by atoms with Gasteiger partial charge in [-0.15, -0.1) is 0 Å². The second-order valence-corrected chi connectivity index (χ2v) is 7.23. The molecule has 0 saturated carbocycles. The predicted molar refractivity (Wildman–Crippen MR) is 83.8 cm³/mol. The van der Waals surface area contributed by atoms with Gasteiger partial charge in [-0.1, -0.05) is 13.3 Å². The van der Waals surface area contributed by atoms with Crippen molar-refractivity contribution in [2.75, 3.05) is 19.6 Å². The minimum Gasteiger partial charge on any atom is -0.481 e. The third-order valence-electron chi connectivity index (χ3n) is 4.67. The molecule has 0 aromatic carbocycles. The first kappa shape index (κ1) is 18.0. The van der Waals surface area contributed by atoms with E-state index >= 15 is 0 Å². The van der Waals surface area contributed by atoms with E-state index in [2.05, 4.69) is 17.9 Å². The van der Waals surface area contributed by atoms with E-state index in [9.17, 15) is 4.79 Å². The SMILES string of the molecule is CC(CC(=O)O)C1CCCN(CCCCC(C)(C)C#N)C1. The molecule has 1 rings (SSSR count). The minimum atomic E-state index is -0.682. The number of piperidine rings is 1. The molecule has 1 fully saturated rings. The average Bonchev–Trinajstić information content (AvgIpc) is 2.43. The topological polar surface area (TPSA) is 64.3 Å². The maximum absolute atomic E-state index is 10.8. The predicted octanol–water partition coefficient (Wildman–Crippen LogP) is 3.53. The molecule has 0 aliphatic carbocycles. The average molecular weight is 294 g/mol. The van der Waals surface area contributed by atoms with Crippen molar-refractivity contribution in [3.63, 3.8) is 0 Å². The van der Waals surface area contributed by atoms with Crippen LogP contribution in [-0.2, 0) is 4.79 Å². The van der Waals surface area contributed by atoms with Crippen LogP contribution >= 0.6 is 0 Å². The van der Waals surface area contributed by atoms with Crippen LogP contribution in [-0.4, -0.2) is 35.6 Å². The molecule has 1 N–H and O–H groups in total. The van der Waals surface area contributed by atoms with Crippen molar-refractivity contribution in [1.29, 1.82) is 5.26 Å². The third kappa shape index (κ3) is 6.95. The third-order valence-corrected chi connectivity index (χ3v) is 4.67. The van der Waals surface area contributed by atoms with E-state index in [1.54, 1.807) is 0 Å². The molecular weight excluding hydrogens is 264 g/mol. The van der Waals surface area contributed by atoms with Crippen LogP contribution in [0.2, 0.25) is 0 Å². The van der Waals surface area contributed by atoms with Crippen LogP contribution in [0.25, 0.3) is 0 Å². The van der Waals surface area contributed by atoms with Crippen molar-refractivity contribution in [3.05, 3.63) is 0 Å². The molecule has 4 heteroatoms. The van der Waals surface area contributed by atoms with Crippen molar-refractivity contribution in [2.45, 2.75) is 59.3 Å². The fourth-order valence-electron chi connectivity index (χ4n) is 3.16. The van der Waals surface area contributed by atoms with Gasteiger partial charge in [0.1, 0.15) is 0 Å². The first-order valence-corrected chi connectivity index (χ1v) is 8.19. The zero-order valence-electron chi connectivity index (χ0n) is 13.8. The van der Waals surface area contributed by atoms with E-state index in [1.807, 2.05) is 13.8 Å². The largest absolute Gasteiger partial charge is 0.481 e. The molecule has 1 aliphatic heterocycles. The number of nitrogens with zero attached hydrogens (tertiary/aromatic N) is 2. The molecule has 2 unspecified atom stereocenters. The Bertz CT molecular complexity index is 373. The summed E-state index contributed by atoms with van der Waals surface area (Å²) in [7, 11) is 0. The Labute approximate surface area is 129 Å². The second kappa shape index (κ2) is 8.38. The summed E-state index contributed by atoms with van der Waals surface area (Å²) in [4.78, 5) is 13.3. The number of rotatable bonds is 8. The number of hydrogen-bond acceptors (Lipinski definition) is 3. The molecule has 0 amide bonds. The lowest BCUT2D eigenvalue weighted by Crippen LogP contribution is -2.38. The molecule has 1 aliphatic rings. The summed E-state index contributed by atoms with van der Waals surface area (Å²) in [5, 5.41) is 17.9. The molecule has 2 atom stereocenters. The van der Waals surface area contributed by atoms with Gasteiger partial charge in [0, 0.05) is 13.0 Å². The van der Waals surface area contributed by atoms with E-state index < -0.39 is 5.97 Å². The Morgan fingerprint density at radius 3 is 2.81 bits per heavy atom.